The molecule has 1 aliphatic rings. The van der Waals surface area contributed by atoms with Crippen LogP contribution < -0.4 is 10.6 Å². The number of pyridine rings is 1. The van der Waals surface area contributed by atoms with E-state index in [0.29, 0.717) is 11.6 Å². The van der Waals surface area contributed by atoms with E-state index >= 15 is 0 Å². The van der Waals surface area contributed by atoms with Crippen molar-refractivity contribution >= 4 is 6.03 Å². The molecule has 0 unspecified atom stereocenters. The third kappa shape index (κ3) is 4.06. The Morgan fingerprint density at radius 2 is 2.17 bits per heavy atom. The van der Waals surface area contributed by atoms with E-state index in [4.69, 9.17) is 0 Å². The van der Waals surface area contributed by atoms with Crippen LogP contribution in [-0.2, 0) is 0 Å². The van der Waals surface area contributed by atoms with Crippen LogP contribution in [-0.4, -0.2) is 32.2 Å². The zero-order valence-corrected chi connectivity index (χ0v) is 13.2. The van der Waals surface area contributed by atoms with Crippen molar-refractivity contribution in [2.45, 2.75) is 51.1 Å². The van der Waals surface area contributed by atoms with Gasteiger partial charge in [0.05, 0.1) is 6.04 Å². The average Bonchev–Trinajstić information content (AvgIpc) is 3.06. The van der Waals surface area contributed by atoms with Crippen molar-refractivity contribution in [2.24, 2.45) is 0 Å². The molecule has 0 radical (unpaired) electrons. The lowest BCUT2D eigenvalue weighted by atomic mass is 9.96. The Morgan fingerprint density at radius 3 is 2.91 bits per heavy atom. The van der Waals surface area contributed by atoms with Gasteiger partial charge in [-0.1, -0.05) is 19.3 Å². The molecule has 122 valence electrons. The van der Waals surface area contributed by atoms with Gasteiger partial charge in [-0.05, 0) is 31.9 Å². The molecule has 0 saturated heterocycles. The first-order valence-electron chi connectivity index (χ1n) is 8.12. The summed E-state index contributed by atoms with van der Waals surface area (Å²) in [6.45, 7) is 1.88. The fourth-order valence-electron chi connectivity index (χ4n) is 2.83. The molecule has 1 fully saturated rings. The maximum Gasteiger partial charge on any atom is 0.315 e. The number of urea groups is 1. The lowest BCUT2D eigenvalue weighted by molar-refractivity contribution is 0.229. The van der Waals surface area contributed by atoms with Crippen LogP contribution in [0.5, 0.6) is 0 Å². The van der Waals surface area contributed by atoms with Gasteiger partial charge in [0.15, 0.2) is 5.82 Å². The largest absolute Gasteiger partial charge is 0.335 e. The van der Waals surface area contributed by atoms with Crippen molar-refractivity contribution in [3.05, 3.63) is 30.4 Å². The van der Waals surface area contributed by atoms with E-state index in [-0.39, 0.29) is 18.1 Å². The Kier molecular flexibility index (Phi) is 4.85. The molecular formula is C16H22N6O. The number of carbonyl (C=O) groups excluding carboxylic acids is 1. The Labute approximate surface area is 135 Å². The Balaban J connectivity index is 1.56. The first-order valence-corrected chi connectivity index (χ1v) is 8.12. The Morgan fingerprint density at radius 1 is 1.35 bits per heavy atom. The zero-order valence-electron chi connectivity index (χ0n) is 13.2. The molecule has 7 nitrogen and oxygen atoms in total. The first-order chi connectivity index (χ1) is 11.2. The van der Waals surface area contributed by atoms with Gasteiger partial charge in [-0.25, -0.2) is 9.78 Å². The molecule has 23 heavy (non-hydrogen) atoms. The summed E-state index contributed by atoms with van der Waals surface area (Å²) in [4.78, 5) is 20.6. The summed E-state index contributed by atoms with van der Waals surface area (Å²) in [5, 5.41) is 13.0. The van der Waals surface area contributed by atoms with E-state index in [0.717, 1.165) is 18.4 Å². The second kappa shape index (κ2) is 7.21. The van der Waals surface area contributed by atoms with Gasteiger partial charge in [0.1, 0.15) is 5.82 Å². The summed E-state index contributed by atoms with van der Waals surface area (Å²) in [5.41, 5.74) is 0.842. The van der Waals surface area contributed by atoms with Gasteiger partial charge in [-0.2, -0.15) is 5.10 Å². The highest BCUT2D eigenvalue weighted by Gasteiger charge is 2.18. The van der Waals surface area contributed by atoms with Crippen LogP contribution in [0.15, 0.2) is 24.5 Å². The normalized spacial score (nSPS) is 16.7. The Bertz CT molecular complexity index is 635. The number of aromatic amines is 1. The fourth-order valence-corrected chi connectivity index (χ4v) is 2.83. The summed E-state index contributed by atoms with van der Waals surface area (Å²) in [6.07, 6.45) is 9.20. The highest BCUT2D eigenvalue weighted by atomic mass is 16.2. The second-order valence-electron chi connectivity index (χ2n) is 5.96. The van der Waals surface area contributed by atoms with Crippen LogP contribution in [0, 0.1) is 0 Å². The van der Waals surface area contributed by atoms with Crippen LogP contribution in [0.2, 0.25) is 0 Å². The van der Waals surface area contributed by atoms with E-state index in [9.17, 15) is 4.79 Å². The predicted octanol–water partition coefficient (Wildman–Crippen LogP) is 2.56. The molecule has 0 aliphatic heterocycles. The molecule has 3 rings (SSSR count). The van der Waals surface area contributed by atoms with Gasteiger partial charge < -0.3 is 10.6 Å². The highest BCUT2D eigenvalue weighted by molar-refractivity contribution is 5.74. The fraction of sp³-hybridized carbons (Fsp3) is 0.500. The van der Waals surface area contributed by atoms with Gasteiger partial charge >= 0.3 is 6.03 Å². The maximum absolute atomic E-state index is 12.1. The number of H-pyrrole nitrogens is 1. The Hall–Kier alpha value is -2.44. The van der Waals surface area contributed by atoms with Crippen LogP contribution >= 0.6 is 0 Å². The molecule has 2 aromatic heterocycles. The average molecular weight is 314 g/mol. The molecule has 3 N–H and O–H groups in total. The molecule has 0 spiro atoms. The standard InChI is InChI=1S/C16H22N6O/c1-11(18-16(23)19-13-7-3-2-4-8-13)14-20-15(22-21-14)12-6-5-9-17-10-12/h5-6,9-11,13H,2-4,7-8H2,1H3,(H2,18,19,23)(H,20,21,22)/t11-/m0/s1. The number of aromatic nitrogens is 4. The van der Waals surface area contributed by atoms with E-state index in [2.05, 4.69) is 30.8 Å². The highest BCUT2D eigenvalue weighted by Crippen LogP contribution is 2.18. The SMILES string of the molecule is C[C@H](NC(=O)NC1CCCCC1)c1nc(-c2cccnc2)n[nH]1. The van der Waals surface area contributed by atoms with Crippen molar-refractivity contribution in [2.75, 3.05) is 0 Å². The van der Waals surface area contributed by atoms with Crippen LogP contribution in [0.4, 0.5) is 4.79 Å². The summed E-state index contributed by atoms with van der Waals surface area (Å²) < 4.78 is 0. The van der Waals surface area contributed by atoms with E-state index in [1.165, 1.54) is 19.3 Å². The zero-order chi connectivity index (χ0) is 16.1. The molecule has 7 heteroatoms. The predicted molar refractivity (Wildman–Crippen MR) is 86.6 cm³/mol. The van der Waals surface area contributed by atoms with Gasteiger partial charge in [-0.15, -0.1) is 0 Å². The summed E-state index contributed by atoms with van der Waals surface area (Å²) in [5.74, 6) is 1.21. The number of amides is 2. The summed E-state index contributed by atoms with van der Waals surface area (Å²) in [6, 6.07) is 3.63. The number of nitrogens with zero attached hydrogens (tertiary/aromatic N) is 3. The van der Waals surface area contributed by atoms with Gasteiger partial charge in [0, 0.05) is 24.0 Å². The van der Waals surface area contributed by atoms with Crippen molar-refractivity contribution < 1.29 is 4.79 Å². The molecule has 0 aromatic carbocycles. The maximum atomic E-state index is 12.1. The van der Waals surface area contributed by atoms with E-state index in [1.807, 2.05) is 19.1 Å². The minimum atomic E-state index is -0.239. The molecule has 1 aliphatic carbocycles. The topological polar surface area (TPSA) is 95.6 Å². The van der Waals surface area contributed by atoms with E-state index < -0.39 is 0 Å². The van der Waals surface area contributed by atoms with Crippen LogP contribution in [0.25, 0.3) is 11.4 Å². The monoisotopic (exact) mass is 314 g/mol. The van der Waals surface area contributed by atoms with E-state index in [1.54, 1.807) is 12.4 Å². The minimum Gasteiger partial charge on any atom is -0.335 e. The van der Waals surface area contributed by atoms with Crippen LogP contribution in [0.1, 0.15) is 50.9 Å². The molecule has 2 amide bonds. The lowest BCUT2D eigenvalue weighted by Gasteiger charge is -2.23. The minimum absolute atomic E-state index is 0.149. The molecule has 2 aromatic rings. The van der Waals surface area contributed by atoms with Crippen molar-refractivity contribution in [3.63, 3.8) is 0 Å². The number of nitrogens with one attached hydrogen (secondary N) is 3. The van der Waals surface area contributed by atoms with Crippen LogP contribution in [0.3, 0.4) is 0 Å². The number of rotatable bonds is 4. The molecule has 2 heterocycles. The lowest BCUT2D eigenvalue weighted by Crippen LogP contribution is -2.43. The summed E-state index contributed by atoms with van der Waals surface area (Å²) >= 11 is 0. The van der Waals surface area contributed by atoms with Crippen molar-refractivity contribution in [3.8, 4) is 11.4 Å². The quantitative estimate of drug-likeness (QED) is 0.808. The molecule has 1 saturated carbocycles. The number of hydrogen-bond acceptors (Lipinski definition) is 4. The summed E-state index contributed by atoms with van der Waals surface area (Å²) in [7, 11) is 0. The van der Waals surface area contributed by atoms with Gasteiger partial charge in [0.2, 0.25) is 0 Å². The van der Waals surface area contributed by atoms with Crippen molar-refractivity contribution in [1.82, 2.24) is 30.8 Å². The number of carbonyl (C=O) groups is 1. The smallest absolute Gasteiger partial charge is 0.315 e. The third-order valence-corrected chi connectivity index (χ3v) is 4.12. The molecular weight excluding hydrogens is 292 g/mol. The van der Waals surface area contributed by atoms with Crippen molar-refractivity contribution in [1.29, 1.82) is 0 Å². The first kappa shape index (κ1) is 15.5. The molecule has 0 bridgehead atoms. The third-order valence-electron chi connectivity index (χ3n) is 4.12. The second-order valence-corrected chi connectivity index (χ2v) is 5.96. The van der Waals surface area contributed by atoms with Gasteiger partial charge in [-0.3, -0.25) is 10.1 Å². The molecule has 1 atom stereocenters. The van der Waals surface area contributed by atoms with Gasteiger partial charge in [0.25, 0.3) is 0 Å². The number of hydrogen-bond donors (Lipinski definition) is 3.